The zero-order chi connectivity index (χ0) is 22.5. The number of nitrogens with one attached hydrogen (secondary N) is 2. The molecule has 8 heteroatoms. The summed E-state index contributed by atoms with van der Waals surface area (Å²) in [5, 5.41) is 3.77. The van der Waals surface area contributed by atoms with Crippen molar-refractivity contribution in [2.75, 3.05) is 6.54 Å². The van der Waals surface area contributed by atoms with Crippen LogP contribution in [0.2, 0.25) is 5.02 Å². The molecule has 0 saturated carbocycles. The van der Waals surface area contributed by atoms with Gasteiger partial charge in [0.25, 0.3) is 5.56 Å². The molecule has 7 nitrogen and oxygen atoms in total. The number of hydrogen-bond acceptors (Lipinski definition) is 4. The van der Waals surface area contributed by atoms with Crippen LogP contribution >= 0.6 is 11.6 Å². The molecule has 3 aromatic rings. The van der Waals surface area contributed by atoms with Crippen LogP contribution in [0.15, 0.2) is 47.3 Å². The summed E-state index contributed by atoms with van der Waals surface area (Å²) in [7, 11) is 0. The van der Waals surface area contributed by atoms with E-state index in [1.807, 2.05) is 38.1 Å². The first-order valence-electron chi connectivity index (χ1n) is 10.1. The normalized spacial score (nSPS) is 11.9. The van der Waals surface area contributed by atoms with Crippen molar-refractivity contribution < 1.29 is 9.59 Å². The van der Waals surface area contributed by atoms with E-state index >= 15 is 0 Å². The summed E-state index contributed by atoms with van der Waals surface area (Å²) in [5.41, 5.74) is 2.15. The van der Waals surface area contributed by atoms with Gasteiger partial charge in [-0.2, -0.15) is 0 Å². The van der Waals surface area contributed by atoms with E-state index in [4.69, 9.17) is 11.6 Å². The first-order chi connectivity index (χ1) is 14.8. The minimum atomic E-state index is -0.443. The molecule has 3 rings (SSSR count). The Morgan fingerprint density at radius 2 is 1.90 bits per heavy atom. The maximum Gasteiger partial charge on any atom is 0.258 e. The van der Waals surface area contributed by atoms with E-state index in [-0.39, 0.29) is 30.3 Å². The number of H-pyrrole nitrogens is 1. The number of carbonyl (C=O) groups excluding carboxylic acids is 2. The lowest BCUT2D eigenvalue weighted by atomic mass is 10.0. The van der Waals surface area contributed by atoms with Gasteiger partial charge < -0.3 is 15.2 Å². The molecule has 2 amide bonds. The fraction of sp³-hybridized carbons (Fsp3) is 0.304. The number of halogens is 1. The summed E-state index contributed by atoms with van der Waals surface area (Å²) in [6, 6.07) is 12.1. The zero-order valence-corrected chi connectivity index (χ0v) is 18.5. The predicted octanol–water partition coefficient (Wildman–Crippen LogP) is 3.50. The van der Waals surface area contributed by atoms with Gasteiger partial charge in [0.1, 0.15) is 5.82 Å². The van der Waals surface area contributed by atoms with Crippen LogP contribution in [0.4, 0.5) is 0 Å². The molecule has 2 N–H and O–H groups in total. The number of hydrogen-bond donors (Lipinski definition) is 2. The zero-order valence-electron chi connectivity index (χ0n) is 17.7. The van der Waals surface area contributed by atoms with E-state index in [0.717, 1.165) is 11.1 Å². The molecule has 0 aliphatic heterocycles. The summed E-state index contributed by atoms with van der Waals surface area (Å²) in [4.78, 5) is 45.9. The fourth-order valence-electron chi connectivity index (χ4n) is 3.39. The Balaban J connectivity index is 1.81. The van der Waals surface area contributed by atoms with Crippen LogP contribution in [0, 0.1) is 6.92 Å². The molecule has 0 aliphatic carbocycles. The molecule has 2 aromatic carbocycles. The van der Waals surface area contributed by atoms with Crippen LogP contribution in [0.5, 0.6) is 0 Å². The van der Waals surface area contributed by atoms with Gasteiger partial charge in [0, 0.05) is 18.5 Å². The van der Waals surface area contributed by atoms with Crippen molar-refractivity contribution in [2.24, 2.45) is 0 Å². The van der Waals surface area contributed by atoms with Gasteiger partial charge >= 0.3 is 0 Å². The summed E-state index contributed by atoms with van der Waals surface area (Å²) >= 11 is 6.02. The lowest BCUT2D eigenvalue weighted by Gasteiger charge is -2.24. The van der Waals surface area contributed by atoms with Gasteiger partial charge in [0.2, 0.25) is 11.8 Å². The molecule has 1 aromatic heterocycles. The monoisotopic (exact) mass is 440 g/mol. The fourth-order valence-corrected chi connectivity index (χ4v) is 3.56. The van der Waals surface area contributed by atoms with Crippen molar-refractivity contribution >= 4 is 34.3 Å². The molecule has 0 unspecified atom stereocenters. The van der Waals surface area contributed by atoms with E-state index in [1.165, 1.54) is 6.92 Å². The minimum Gasteiger partial charge on any atom is -0.349 e. The molecule has 0 saturated heterocycles. The summed E-state index contributed by atoms with van der Waals surface area (Å²) in [6.07, 6.45) is 0.0973. The first kappa shape index (κ1) is 22.5. The molecule has 0 bridgehead atoms. The Morgan fingerprint density at radius 3 is 2.55 bits per heavy atom. The number of aryl methyl sites for hydroxylation is 1. The highest BCUT2D eigenvalue weighted by molar-refractivity contribution is 6.31. The number of aromatic nitrogens is 2. The third-order valence-electron chi connectivity index (χ3n) is 5.03. The predicted molar refractivity (Wildman–Crippen MR) is 121 cm³/mol. The topological polar surface area (TPSA) is 95.2 Å². The summed E-state index contributed by atoms with van der Waals surface area (Å²) in [5.74, 6) is 0.0101. The van der Waals surface area contributed by atoms with Crippen LogP contribution in [0.25, 0.3) is 10.9 Å². The SMILES string of the molecule is CCN(Cc1nc2cc(Cl)ccc2c(=O)[nH]1)C(=O)C[C@@H](NC(C)=O)c1ccc(C)cc1. The largest absolute Gasteiger partial charge is 0.349 e. The van der Waals surface area contributed by atoms with Crippen molar-refractivity contribution in [1.82, 2.24) is 20.2 Å². The highest BCUT2D eigenvalue weighted by atomic mass is 35.5. The molecule has 0 aliphatic rings. The van der Waals surface area contributed by atoms with Crippen LogP contribution < -0.4 is 10.9 Å². The maximum atomic E-state index is 13.0. The van der Waals surface area contributed by atoms with E-state index in [1.54, 1.807) is 23.1 Å². The highest BCUT2D eigenvalue weighted by Crippen LogP contribution is 2.20. The second kappa shape index (κ2) is 9.75. The van der Waals surface area contributed by atoms with Crippen LogP contribution in [0.1, 0.15) is 43.3 Å². The van der Waals surface area contributed by atoms with Crippen LogP contribution in [-0.4, -0.2) is 33.2 Å². The third-order valence-corrected chi connectivity index (χ3v) is 5.26. The van der Waals surface area contributed by atoms with Gasteiger partial charge in [0.05, 0.1) is 29.9 Å². The van der Waals surface area contributed by atoms with Gasteiger partial charge in [-0.25, -0.2) is 4.98 Å². The van der Waals surface area contributed by atoms with Gasteiger partial charge in [-0.1, -0.05) is 41.4 Å². The number of carbonyl (C=O) groups is 2. The number of nitrogens with zero attached hydrogens (tertiary/aromatic N) is 2. The first-order valence-corrected chi connectivity index (χ1v) is 10.4. The maximum absolute atomic E-state index is 13.0. The molecule has 1 atom stereocenters. The van der Waals surface area contributed by atoms with Gasteiger partial charge in [0.15, 0.2) is 0 Å². The van der Waals surface area contributed by atoms with Crippen LogP contribution in [-0.2, 0) is 16.1 Å². The number of fused-ring (bicyclic) bond motifs is 1. The molecular weight excluding hydrogens is 416 g/mol. The average Bonchev–Trinajstić information content (AvgIpc) is 2.71. The summed E-state index contributed by atoms with van der Waals surface area (Å²) < 4.78 is 0. The molecule has 1 heterocycles. The Labute approximate surface area is 185 Å². The minimum absolute atomic E-state index is 0.0973. The number of aromatic amines is 1. The quantitative estimate of drug-likeness (QED) is 0.587. The Morgan fingerprint density at radius 1 is 1.19 bits per heavy atom. The van der Waals surface area contributed by atoms with Crippen molar-refractivity contribution in [1.29, 1.82) is 0 Å². The van der Waals surface area contributed by atoms with E-state index in [0.29, 0.717) is 28.3 Å². The molecule has 31 heavy (non-hydrogen) atoms. The molecule has 0 fully saturated rings. The Kier molecular flexibility index (Phi) is 7.07. The van der Waals surface area contributed by atoms with E-state index in [9.17, 15) is 14.4 Å². The second-order valence-electron chi connectivity index (χ2n) is 7.45. The van der Waals surface area contributed by atoms with Gasteiger partial charge in [-0.15, -0.1) is 0 Å². The molecule has 0 radical (unpaired) electrons. The summed E-state index contributed by atoms with van der Waals surface area (Å²) in [6.45, 7) is 5.83. The lowest BCUT2D eigenvalue weighted by Crippen LogP contribution is -2.36. The van der Waals surface area contributed by atoms with Gasteiger partial charge in [-0.3, -0.25) is 14.4 Å². The standard InChI is InChI=1S/C23H25ClN4O3/c1-4-28(13-21-26-20-11-17(24)9-10-18(20)23(31)27-21)22(30)12-19(25-15(3)29)16-7-5-14(2)6-8-16/h5-11,19H,4,12-13H2,1-3H3,(H,25,29)(H,26,27,31)/t19-/m1/s1. The van der Waals surface area contributed by atoms with Crippen molar-refractivity contribution in [2.45, 2.75) is 39.8 Å². The highest BCUT2D eigenvalue weighted by Gasteiger charge is 2.21. The Hall–Kier alpha value is -3.19. The van der Waals surface area contributed by atoms with Crippen molar-refractivity contribution in [3.63, 3.8) is 0 Å². The third kappa shape index (κ3) is 5.70. The van der Waals surface area contributed by atoms with E-state index in [2.05, 4.69) is 15.3 Å². The molecule has 162 valence electrons. The molecular formula is C23H25ClN4O3. The second-order valence-corrected chi connectivity index (χ2v) is 7.89. The Bertz CT molecular complexity index is 1160. The van der Waals surface area contributed by atoms with Crippen molar-refractivity contribution in [3.8, 4) is 0 Å². The van der Waals surface area contributed by atoms with Crippen LogP contribution in [0.3, 0.4) is 0 Å². The average molecular weight is 441 g/mol. The lowest BCUT2D eigenvalue weighted by molar-refractivity contribution is -0.132. The van der Waals surface area contributed by atoms with Crippen molar-refractivity contribution in [3.05, 3.63) is 74.8 Å². The smallest absolute Gasteiger partial charge is 0.258 e. The van der Waals surface area contributed by atoms with Gasteiger partial charge in [-0.05, 0) is 37.6 Å². The van der Waals surface area contributed by atoms with E-state index < -0.39 is 6.04 Å². The number of rotatable bonds is 7. The number of benzene rings is 2. The number of amides is 2. The molecule has 0 spiro atoms.